The van der Waals surface area contributed by atoms with E-state index in [2.05, 4.69) is 35.6 Å². The zero-order valence-electron chi connectivity index (χ0n) is 9.77. The maximum Gasteiger partial charge on any atom is 0.0948 e. The molecule has 0 aliphatic carbocycles. The molecule has 1 aromatic heterocycles. The van der Waals surface area contributed by atoms with Crippen LogP contribution in [0.1, 0.15) is 38.9 Å². The molecule has 0 fully saturated rings. The summed E-state index contributed by atoms with van der Waals surface area (Å²) in [7, 11) is 0. The van der Waals surface area contributed by atoms with Crippen LogP contribution in [0, 0.1) is 0 Å². The fourth-order valence-electron chi connectivity index (χ4n) is 1.58. The van der Waals surface area contributed by atoms with Crippen LogP contribution < -0.4 is 5.32 Å². The van der Waals surface area contributed by atoms with Crippen molar-refractivity contribution in [2.75, 3.05) is 6.61 Å². The lowest BCUT2D eigenvalue weighted by molar-refractivity contribution is 0.228. The molecule has 0 saturated carbocycles. The highest BCUT2D eigenvalue weighted by atomic mass is 16.3. The van der Waals surface area contributed by atoms with Crippen molar-refractivity contribution in [2.24, 2.45) is 0 Å². The summed E-state index contributed by atoms with van der Waals surface area (Å²) >= 11 is 0. The molecule has 0 aliphatic rings. The molecule has 0 radical (unpaired) electrons. The Morgan fingerprint density at radius 1 is 1.53 bits per heavy atom. The molecule has 2 atom stereocenters. The average molecular weight is 211 g/mol. The van der Waals surface area contributed by atoms with Gasteiger partial charge in [-0.1, -0.05) is 6.92 Å². The van der Waals surface area contributed by atoms with Gasteiger partial charge in [-0.3, -0.25) is 0 Å². The topological polar surface area (TPSA) is 50.1 Å². The first-order valence-corrected chi connectivity index (χ1v) is 5.59. The van der Waals surface area contributed by atoms with E-state index >= 15 is 0 Å². The Balaban J connectivity index is 2.73. The van der Waals surface area contributed by atoms with Crippen molar-refractivity contribution in [3.63, 3.8) is 0 Å². The van der Waals surface area contributed by atoms with E-state index < -0.39 is 0 Å². The van der Waals surface area contributed by atoms with Gasteiger partial charge in [-0.2, -0.15) is 0 Å². The number of rotatable bonds is 6. The van der Waals surface area contributed by atoms with Crippen LogP contribution in [0.3, 0.4) is 0 Å². The number of aliphatic hydroxyl groups is 1. The number of hydrogen-bond acceptors (Lipinski definition) is 3. The van der Waals surface area contributed by atoms with Crippen LogP contribution >= 0.6 is 0 Å². The number of nitrogens with zero attached hydrogens (tertiary/aromatic N) is 2. The highest BCUT2D eigenvalue weighted by Gasteiger charge is 2.15. The lowest BCUT2D eigenvalue weighted by Crippen LogP contribution is -2.33. The zero-order chi connectivity index (χ0) is 11.3. The van der Waals surface area contributed by atoms with Crippen molar-refractivity contribution in [2.45, 2.75) is 45.8 Å². The monoisotopic (exact) mass is 211 g/mol. The van der Waals surface area contributed by atoms with E-state index in [0.29, 0.717) is 6.04 Å². The molecule has 4 heteroatoms. The number of nitrogens with one attached hydrogen (secondary N) is 1. The number of aliphatic hydroxyl groups excluding tert-OH is 1. The van der Waals surface area contributed by atoms with Gasteiger partial charge in [0.15, 0.2) is 0 Å². The van der Waals surface area contributed by atoms with Gasteiger partial charge in [0.2, 0.25) is 0 Å². The second kappa shape index (κ2) is 5.88. The first-order valence-electron chi connectivity index (χ1n) is 5.59. The van der Waals surface area contributed by atoms with E-state index in [1.807, 2.05) is 6.20 Å². The number of aromatic nitrogens is 2. The molecule has 0 bridgehead atoms. The zero-order valence-corrected chi connectivity index (χ0v) is 9.77. The minimum atomic E-state index is -0.0117. The summed E-state index contributed by atoms with van der Waals surface area (Å²) < 4.78 is 2.05. The Morgan fingerprint density at radius 3 is 2.80 bits per heavy atom. The molecule has 0 aliphatic heterocycles. The third-order valence-corrected chi connectivity index (χ3v) is 2.72. The van der Waals surface area contributed by atoms with Crippen LogP contribution in [0.2, 0.25) is 0 Å². The first-order chi connectivity index (χ1) is 7.22. The van der Waals surface area contributed by atoms with Crippen LogP contribution in [0.15, 0.2) is 12.5 Å². The fourth-order valence-corrected chi connectivity index (χ4v) is 1.58. The van der Waals surface area contributed by atoms with Gasteiger partial charge in [0.1, 0.15) is 0 Å². The third kappa shape index (κ3) is 3.04. The third-order valence-electron chi connectivity index (χ3n) is 2.72. The van der Waals surface area contributed by atoms with Gasteiger partial charge >= 0.3 is 0 Å². The van der Waals surface area contributed by atoms with Crippen LogP contribution in [-0.4, -0.2) is 27.3 Å². The van der Waals surface area contributed by atoms with E-state index in [1.54, 1.807) is 6.33 Å². The van der Waals surface area contributed by atoms with Gasteiger partial charge < -0.3 is 15.0 Å². The van der Waals surface area contributed by atoms with Crippen LogP contribution in [-0.2, 0) is 6.54 Å². The van der Waals surface area contributed by atoms with Gasteiger partial charge in [-0.05, 0) is 20.3 Å². The maximum atomic E-state index is 9.36. The Hall–Kier alpha value is -0.870. The predicted molar refractivity (Wildman–Crippen MR) is 60.6 cm³/mol. The summed E-state index contributed by atoms with van der Waals surface area (Å²) in [5.74, 6) is 0. The van der Waals surface area contributed by atoms with Gasteiger partial charge in [-0.25, -0.2) is 4.98 Å². The second-order valence-corrected chi connectivity index (χ2v) is 3.82. The van der Waals surface area contributed by atoms with Gasteiger partial charge in [0.25, 0.3) is 0 Å². The SMILES string of the molecule is CCC(C)NC(CO)c1cncn1CC. The van der Waals surface area contributed by atoms with Crippen LogP contribution in [0.4, 0.5) is 0 Å². The molecule has 1 aromatic rings. The fraction of sp³-hybridized carbons (Fsp3) is 0.727. The molecule has 1 heterocycles. The lowest BCUT2D eigenvalue weighted by Gasteiger charge is -2.21. The molecule has 15 heavy (non-hydrogen) atoms. The Kier molecular flexibility index (Phi) is 4.78. The summed E-state index contributed by atoms with van der Waals surface area (Å²) in [6.07, 6.45) is 4.67. The van der Waals surface area contributed by atoms with E-state index in [9.17, 15) is 5.11 Å². The Morgan fingerprint density at radius 2 is 2.27 bits per heavy atom. The van der Waals surface area contributed by atoms with Crippen molar-refractivity contribution >= 4 is 0 Å². The largest absolute Gasteiger partial charge is 0.394 e. The summed E-state index contributed by atoms with van der Waals surface area (Å²) in [4.78, 5) is 4.11. The standard InChI is InChI=1S/C11H21N3O/c1-4-9(3)13-10(7-15)11-6-12-8-14(11)5-2/h6,8-10,13,15H,4-5,7H2,1-3H3. The molecule has 0 saturated heterocycles. The van der Waals surface area contributed by atoms with Crippen LogP contribution in [0.25, 0.3) is 0 Å². The predicted octanol–water partition coefficient (Wildman–Crippen LogP) is 1.32. The molecule has 0 aromatic carbocycles. The molecular formula is C11H21N3O. The highest BCUT2D eigenvalue weighted by Crippen LogP contribution is 2.13. The normalized spacial score (nSPS) is 15.2. The van der Waals surface area contributed by atoms with Crippen molar-refractivity contribution < 1.29 is 5.11 Å². The van der Waals surface area contributed by atoms with Gasteiger partial charge in [0.05, 0.1) is 24.7 Å². The van der Waals surface area contributed by atoms with Crippen molar-refractivity contribution in [1.82, 2.24) is 14.9 Å². The van der Waals surface area contributed by atoms with Crippen molar-refractivity contribution in [3.8, 4) is 0 Å². The first kappa shape index (κ1) is 12.2. The van der Waals surface area contributed by atoms with E-state index in [0.717, 1.165) is 18.7 Å². The quantitative estimate of drug-likeness (QED) is 0.746. The van der Waals surface area contributed by atoms with Crippen molar-refractivity contribution in [1.29, 1.82) is 0 Å². The average Bonchev–Trinajstić information content (AvgIpc) is 2.73. The Bertz CT molecular complexity index is 285. The maximum absolute atomic E-state index is 9.36. The second-order valence-electron chi connectivity index (χ2n) is 3.82. The summed E-state index contributed by atoms with van der Waals surface area (Å²) in [5.41, 5.74) is 1.06. The minimum Gasteiger partial charge on any atom is -0.394 e. The Labute approximate surface area is 91.3 Å². The molecular weight excluding hydrogens is 190 g/mol. The summed E-state index contributed by atoms with van der Waals surface area (Å²) in [6, 6.07) is 0.393. The molecule has 86 valence electrons. The van der Waals surface area contributed by atoms with Crippen LogP contribution in [0.5, 0.6) is 0 Å². The summed E-state index contributed by atoms with van der Waals surface area (Å²) in [6.45, 7) is 7.31. The highest BCUT2D eigenvalue weighted by molar-refractivity contribution is 5.05. The van der Waals surface area contributed by atoms with E-state index in [-0.39, 0.29) is 12.6 Å². The van der Waals surface area contributed by atoms with E-state index in [1.165, 1.54) is 0 Å². The molecule has 2 unspecified atom stereocenters. The molecule has 0 amide bonds. The van der Waals surface area contributed by atoms with E-state index in [4.69, 9.17) is 0 Å². The molecule has 1 rings (SSSR count). The van der Waals surface area contributed by atoms with Gasteiger partial charge in [0, 0.05) is 18.8 Å². The number of imidazole rings is 1. The van der Waals surface area contributed by atoms with Gasteiger partial charge in [-0.15, -0.1) is 0 Å². The molecule has 0 spiro atoms. The molecule has 4 nitrogen and oxygen atoms in total. The minimum absolute atomic E-state index is 0.0117. The number of aryl methyl sites for hydroxylation is 1. The number of hydrogen-bond donors (Lipinski definition) is 2. The summed E-state index contributed by atoms with van der Waals surface area (Å²) in [5, 5.41) is 12.7. The smallest absolute Gasteiger partial charge is 0.0948 e. The molecule has 2 N–H and O–H groups in total. The lowest BCUT2D eigenvalue weighted by atomic mass is 10.1. The van der Waals surface area contributed by atoms with Crippen molar-refractivity contribution in [3.05, 3.63) is 18.2 Å².